The Labute approximate surface area is 87.0 Å². The molecule has 0 aliphatic heterocycles. The number of imidazole rings is 1. The second kappa shape index (κ2) is 3.22. The lowest BCUT2D eigenvalue weighted by Gasteiger charge is -2.10. The molecule has 2 aromatic heterocycles. The Morgan fingerprint density at radius 1 is 1.40 bits per heavy atom. The molecule has 1 saturated carbocycles. The first-order valence-electron chi connectivity index (χ1n) is 5.41. The minimum atomic E-state index is -0.0180. The molecule has 1 aliphatic rings. The van der Waals surface area contributed by atoms with Gasteiger partial charge in [0.25, 0.3) is 0 Å². The van der Waals surface area contributed by atoms with Gasteiger partial charge >= 0.3 is 5.69 Å². The van der Waals surface area contributed by atoms with Crippen molar-refractivity contribution in [3.8, 4) is 0 Å². The molecule has 1 aliphatic carbocycles. The van der Waals surface area contributed by atoms with Crippen LogP contribution in [-0.2, 0) is 0 Å². The maximum atomic E-state index is 11.8. The smallest absolute Gasteiger partial charge is 0.290 e. The lowest BCUT2D eigenvalue weighted by atomic mass is 10.2. The maximum Gasteiger partial charge on any atom is 0.327 e. The van der Waals surface area contributed by atoms with E-state index in [1.807, 2.05) is 16.7 Å². The number of nitrogens with one attached hydrogen (secondary N) is 1. The van der Waals surface area contributed by atoms with Crippen molar-refractivity contribution in [1.29, 1.82) is 0 Å². The Kier molecular flexibility index (Phi) is 1.87. The van der Waals surface area contributed by atoms with E-state index in [9.17, 15) is 4.79 Å². The number of hydrogen-bond donors (Lipinski definition) is 1. The summed E-state index contributed by atoms with van der Waals surface area (Å²) < 4.78 is 1.87. The standard InChI is InChI=1S/C11H13N3O/c15-11-13-10-9(6-3-7-12-10)14(11)8-4-1-2-5-8/h3,6-8H,1-2,4-5H2,(H,12,13,15). The van der Waals surface area contributed by atoms with Crippen LogP contribution >= 0.6 is 0 Å². The summed E-state index contributed by atoms with van der Waals surface area (Å²) >= 11 is 0. The third-order valence-electron chi connectivity index (χ3n) is 3.18. The Morgan fingerprint density at radius 3 is 3.00 bits per heavy atom. The SMILES string of the molecule is O=c1[nH]c2ncccc2n1C1CCCC1. The van der Waals surface area contributed by atoms with Crippen LogP contribution in [0.1, 0.15) is 31.7 Å². The lowest BCUT2D eigenvalue weighted by Crippen LogP contribution is -2.20. The van der Waals surface area contributed by atoms with E-state index >= 15 is 0 Å². The lowest BCUT2D eigenvalue weighted by molar-refractivity contribution is 0.518. The van der Waals surface area contributed by atoms with Crippen molar-refractivity contribution in [2.24, 2.45) is 0 Å². The summed E-state index contributed by atoms with van der Waals surface area (Å²) in [5.74, 6) is 0. The van der Waals surface area contributed by atoms with Crippen molar-refractivity contribution in [2.45, 2.75) is 31.7 Å². The van der Waals surface area contributed by atoms with Gasteiger partial charge in [0.2, 0.25) is 0 Å². The number of aromatic nitrogens is 3. The summed E-state index contributed by atoms with van der Waals surface area (Å²) in [6, 6.07) is 4.20. The van der Waals surface area contributed by atoms with Crippen LogP contribution in [-0.4, -0.2) is 14.5 Å². The third-order valence-corrected chi connectivity index (χ3v) is 3.18. The first-order valence-corrected chi connectivity index (χ1v) is 5.41. The van der Waals surface area contributed by atoms with E-state index in [2.05, 4.69) is 9.97 Å². The van der Waals surface area contributed by atoms with Crippen molar-refractivity contribution < 1.29 is 0 Å². The van der Waals surface area contributed by atoms with Gasteiger partial charge in [0.05, 0.1) is 5.52 Å². The first kappa shape index (κ1) is 8.71. The molecule has 0 aromatic carbocycles. The Balaban J connectivity index is 2.23. The van der Waals surface area contributed by atoms with Gasteiger partial charge in [0.15, 0.2) is 5.65 Å². The molecule has 2 aromatic rings. The van der Waals surface area contributed by atoms with Gasteiger partial charge in [-0.15, -0.1) is 0 Å². The molecule has 0 radical (unpaired) electrons. The van der Waals surface area contributed by atoms with Gasteiger partial charge < -0.3 is 0 Å². The van der Waals surface area contributed by atoms with E-state index in [0.29, 0.717) is 11.7 Å². The average molecular weight is 203 g/mol. The monoisotopic (exact) mass is 203 g/mol. The van der Waals surface area contributed by atoms with Crippen LogP contribution in [0.4, 0.5) is 0 Å². The van der Waals surface area contributed by atoms with E-state index in [4.69, 9.17) is 0 Å². The first-order chi connectivity index (χ1) is 7.36. The molecule has 0 amide bonds. The summed E-state index contributed by atoms with van der Waals surface area (Å²) in [5, 5.41) is 0. The van der Waals surface area contributed by atoms with Crippen molar-refractivity contribution in [2.75, 3.05) is 0 Å². The highest BCUT2D eigenvalue weighted by Crippen LogP contribution is 2.30. The number of aromatic amines is 1. The van der Waals surface area contributed by atoms with Gasteiger partial charge in [-0.2, -0.15) is 0 Å². The molecule has 2 heterocycles. The normalized spacial score (nSPS) is 17.6. The molecule has 4 nitrogen and oxygen atoms in total. The predicted octanol–water partition coefficient (Wildman–Crippen LogP) is 1.84. The highest BCUT2D eigenvalue weighted by Gasteiger charge is 2.20. The molecule has 0 unspecified atom stereocenters. The van der Waals surface area contributed by atoms with Crippen LogP contribution in [0.25, 0.3) is 11.2 Å². The average Bonchev–Trinajstić information content (AvgIpc) is 2.82. The van der Waals surface area contributed by atoms with Crippen LogP contribution in [0.3, 0.4) is 0 Å². The molecule has 1 fully saturated rings. The molecular formula is C11H13N3O. The number of nitrogens with zero attached hydrogens (tertiary/aromatic N) is 2. The third kappa shape index (κ3) is 1.28. The Morgan fingerprint density at radius 2 is 2.20 bits per heavy atom. The molecule has 4 heteroatoms. The molecule has 0 spiro atoms. The molecule has 1 N–H and O–H groups in total. The number of hydrogen-bond acceptors (Lipinski definition) is 2. The molecular weight excluding hydrogens is 190 g/mol. The zero-order valence-corrected chi connectivity index (χ0v) is 8.44. The number of pyridine rings is 1. The van der Waals surface area contributed by atoms with Crippen LogP contribution < -0.4 is 5.69 Å². The van der Waals surface area contributed by atoms with Gasteiger partial charge in [0.1, 0.15) is 0 Å². The summed E-state index contributed by atoms with van der Waals surface area (Å²) in [4.78, 5) is 18.8. The summed E-state index contributed by atoms with van der Waals surface area (Å²) in [7, 11) is 0. The summed E-state index contributed by atoms with van der Waals surface area (Å²) in [6.45, 7) is 0. The molecule has 0 saturated heterocycles. The van der Waals surface area contributed by atoms with Crippen LogP contribution in [0.15, 0.2) is 23.1 Å². The van der Waals surface area contributed by atoms with Gasteiger partial charge in [-0.05, 0) is 25.0 Å². The zero-order valence-electron chi connectivity index (χ0n) is 8.44. The number of rotatable bonds is 1. The summed E-state index contributed by atoms with van der Waals surface area (Å²) in [5.41, 5.74) is 1.62. The second-order valence-electron chi connectivity index (χ2n) is 4.11. The van der Waals surface area contributed by atoms with Crippen LogP contribution in [0.5, 0.6) is 0 Å². The zero-order chi connectivity index (χ0) is 10.3. The van der Waals surface area contributed by atoms with E-state index in [-0.39, 0.29) is 5.69 Å². The number of fused-ring (bicyclic) bond motifs is 1. The molecule has 0 bridgehead atoms. The van der Waals surface area contributed by atoms with E-state index in [1.54, 1.807) is 6.20 Å². The largest absolute Gasteiger partial charge is 0.327 e. The minimum Gasteiger partial charge on any atom is -0.290 e. The van der Waals surface area contributed by atoms with Crippen molar-refractivity contribution in [1.82, 2.24) is 14.5 Å². The van der Waals surface area contributed by atoms with Crippen LogP contribution in [0.2, 0.25) is 0 Å². The molecule has 15 heavy (non-hydrogen) atoms. The van der Waals surface area contributed by atoms with Crippen molar-refractivity contribution >= 4 is 11.2 Å². The van der Waals surface area contributed by atoms with Gasteiger partial charge in [-0.25, -0.2) is 9.78 Å². The van der Waals surface area contributed by atoms with Gasteiger partial charge in [-0.1, -0.05) is 12.8 Å². The fraction of sp³-hybridized carbons (Fsp3) is 0.455. The van der Waals surface area contributed by atoms with E-state index < -0.39 is 0 Å². The Bertz CT molecular complexity index is 534. The quantitative estimate of drug-likeness (QED) is 0.768. The summed E-state index contributed by atoms with van der Waals surface area (Å²) in [6.07, 6.45) is 6.38. The van der Waals surface area contributed by atoms with Gasteiger partial charge in [-0.3, -0.25) is 9.55 Å². The second-order valence-corrected chi connectivity index (χ2v) is 4.11. The van der Waals surface area contributed by atoms with Crippen molar-refractivity contribution in [3.05, 3.63) is 28.8 Å². The Hall–Kier alpha value is -1.58. The highest BCUT2D eigenvalue weighted by atomic mass is 16.1. The van der Waals surface area contributed by atoms with E-state index in [0.717, 1.165) is 18.4 Å². The fourth-order valence-electron chi connectivity index (χ4n) is 2.48. The van der Waals surface area contributed by atoms with Gasteiger partial charge in [0, 0.05) is 12.2 Å². The highest BCUT2D eigenvalue weighted by molar-refractivity contribution is 5.70. The molecule has 3 rings (SSSR count). The maximum absolute atomic E-state index is 11.8. The predicted molar refractivity (Wildman–Crippen MR) is 57.9 cm³/mol. The van der Waals surface area contributed by atoms with E-state index in [1.165, 1.54) is 12.8 Å². The fourth-order valence-corrected chi connectivity index (χ4v) is 2.48. The van der Waals surface area contributed by atoms with Crippen LogP contribution in [0, 0.1) is 0 Å². The molecule has 78 valence electrons. The minimum absolute atomic E-state index is 0.0180. The number of H-pyrrole nitrogens is 1. The topological polar surface area (TPSA) is 50.7 Å². The van der Waals surface area contributed by atoms with Crippen molar-refractivity contribution in [3.63, 3.8) is 0 Å². The molecule has 0 atom stereocenters.